The van der Waals surface area contributed by atoms with Crippen molar-refractivity contribution in [2.75, 3.05) is 17.6 Å². The fraction of sp³-hybridized carbons (Fsp3) is 0.714. The summed E-state index contributed by atoms with van der Waals surface area (Å²) in [5.74, 6) is -0.800. The largest absolute Gasteiger partial charge is 0.480 e. The highest BCUT2D eigenvalue weighted by Crippen LogP contribution is 2.25. The molecule has 2 atom stereocenters. The van der Waals surface area contributed by atoms with E-state index in [0.717, 1.165) is 11.7 Å². The molecule has 0 bridgehead atoms. The van der Waals surface area contributed by atoms with Gasteiger partial charge in [0.05, 0.1) is 5.75 Å². The standard InChI is InChI=1S/C14H24N4O3S2/c1-5-9(4)11(12(20)21)16-10(19)7-22-14-18-17-13(23-14)15-6-8(2)3/h8-9,11H,5-7H2,1-4H3,(H,15,17)(H,16,19)(H,20,21)/t9-,11+/m1/s1. The van der Waals surface area contributed by atoms with Crippen LogP contribution in [0.1, 0.15) is 34.1 Å². The summed E-state index contributed by atoms with van der Waals surface area (Å²) in [6.07, 6.45) is 0.686. The molecule has 7 nitrogen and oxygen atoms in total. The van der Waals surface area contributed by atoms with Gasteiger partial charge in [-0.05, 0) is 11.8 Å². The number of carbonyl (C=O) groups is 2. The number of carboxylic acid groups (broad SMARTS) is 1. The molecule has 3 N–H and O–H groups in total. The average molecular weight is 361 g/mol. The SMILES string of the molecule is CC[C@@H](C)[C@H](NC(=O)CSc1nnc(NCC(C)C)s1)C(=O)O. The Morgan fingerprint density at radius 1 is 1.30 bits per heavy atom. The van der Waals surface area contributed by atoms with Crippen molar-refractivity contribution in [1.29, 1.82) is 0 Å². The van der Waals surface area contributed by atoms with Crippen molar-refractivity contribution in [3.63, 3.8) is 0 Å². The normalized spacial score (nSPS) is 13.6. The topological polar surface area (TPSA) is 104 Å². The molecule has 1 amide bonds. The van der Waals surface area contributed by atoms with Gasteiger partial charge >= 0.3 is 5.97 Å². The Bertz CT molecular complexity index is 522. The molecule has 130 valence electrons. The zero-order chi connectivity index (χ0) is 17.4. The number of rotatable bonds is 10. The zero-order valence-corrected chi connectivity index (χ0v) is 15.5. The second-order valence-electron chi connectivity index (χ2n) is 5.71. The Morgan fingerprint density at radius 3 is 2.57 bits per heavy atom. The quantitative estimate of drug-likeness (QED) is 0.550. The van der Waals surface area contributed by atoms with Crippen LogP contribution >= 0.6 is 23.1 Å². The van der Waals surface area contributed by atoms with Crippen molar-refractivity contribution >= 4 is 40.1 Å². The van der Waals surface area contributed by atoms with Crippen LogP contribution in [0.2, 0.25) is 0 Å². The van der Waals surface area contributed by atoms with Gasteiger partial charge in [-0.15, -0.1) is 10.2 Å². The van der Waals surface area contributed by atoms with Crippen LogP contribution in [0.25, 0.3) is 0 Å². The molecule has 23 heavy (non-hydrogen) atoms. The summed E-state index contributed by atoms with van der Waals surface area (Å²) in [7, 11) is 0. The van der Waals surface area contributed by atoms with Crippen molar-refractivity contribution in [2.45, 2.75) is 44.5 Å². The number of nitrogens with one attached hydrogen (secondary N) is 2. The number of thioether (sulfide) groups is 1. The lowest BCUT2D eigenvalue weighted by atomic mass is 9.99. The molecule has 1 heterocycles. The Labute approximate surface area is 144 Å². The van der Waals surface area contributed by atoms with Crippen molar-refractivity contribution in [2.24, 2.45) is 11.8 Å². The lowest BCUT2D eigenvalue weighted by Crippen LogP contribution is -2.45. The number of aliphatic carboxylic acids is 1. The highest BCUT2D eigenvalue weighted by atomic mass is 32.2. The predicted molar refractivity (Wildman–Crippen MR) is 93.0 cm³/mol. The molecule has 0 saturated heterocycles. The van der Waals surface area contributed by atoms with E-state index in [2.05, 4.69) is 34.7 Å². The van der Waals surface area contributed by atoms with Crippen LogP contribution in [0.3, 0.4) is 0 Å². The van der Waals surface area contributed by atoms with Crippen LogP contribution in [0, 0.1) is 11.8 Å². The number of anilines is 1. The van der Waals surface area contributed by atoms with Gasteiger partial charge < -0.3 is 15.7 Å². The highest BCUT2D eigenvalue weighted by Gasteiger charge is 2.25. The third-order valence-electron chi connectivity index (χ3n) is 3.19. The minimum atomic E-state index is -1.01. The first-order chi connectivity index (χ1) is 10.8. The van der Waals surface area contributed by atoms with Crippen LogP contribution in [0.5, 0.6) is 0 Å². The van der Waals surface area contributed by atoms with E-state index in [0.29, 0.717) is 16.7 Å². The maximum absolute atomic E-state index is 11.9. The molecule has 1 aromatic rings. The van der Waals surface area contributed by atoms with Gasteiger partial charge in [0.25, 0.3) is 0 Å². The maximum Gasteiger partial charge on any atom is 0.326 e. The van der Waals surface area contributed by atoms with E-state index in [4.69, 9.17) is 5.11 Å². The molecule has 0 aromatic carbocycles. The molecule has 0 aliphatic heterocycles. The van der Waals surface area contributed by atoms with Gasteiger partial charge in [0, 0.05) is 6.54 Å². The van der Waals surface area contributed by atoms with Crippen LogP contribution in [-0.4, -0.2) is 45.5 Å². The third kappa shape index (κ3) is 7.17. The number of nitrogens with zero attached hydrogens (tertiary/aromatic N) is 2. The molecule has 0 aliphatic rings. The third-order valence-corrected chi connectivity index (χ3v) is 5.20. The van der Waals surface area contributed by atoms with Gasteiger partial charge in [0.15, 0.2) is 4.34 Å². The summed E-state index contributed by atoms with van der Waals surface area (Å²) in [4.78, 5) is 23.1. The van der Waals surface area contributed by atoms with Gasteiger partial charge in [-0.2, -0.15) is 0 Å². The highest BCUT2D eigenvalue weighted by molar-refractivity contribution is 8.01. The Morgan fingerprint density at radius 2 is 2.00 bits per heavy atom. The number of carboxylic acids is 1. The molecule has 0 unspecified atom stereocenters. The maximum atomic E-state index is 11.9. The zero-order valence-electron chi connectivity index (χ0n) is 13.8. The molecule has 1 rings (SSSR count). The number of aromatic nitrogens is 2. The first kappa shape index (κ1) is 19.7. The van der Waals surface area contributed by atoms with Crippen LogP contribution < -0.4 is 10.6 Å². The average Bonchev–Trinajstić information content (AvgIpc) is 2.95. The van der Waals surface area contributed by atoms with E-state index < -0.39 is 12.0 Å². The Hall–Kier alpha value is -1.35. The van der Waals surface area contributed by atoms with Crippen molar-refractivity contribution in [3.05, 3.63) is 0 Å². The number of carbonyl (C=O) groups excluding carboxylic acids is 1. The van der Waals surface area contributed by atoms with Crippen molar-refractivity contribution in [3.8, 4) is 0 Å². The van der Waals surface area contributed by atoms with Gasteiger partial charge in [0.2, 0.25) is 11.0 Å². The molecule has 0 spiro atoms. The van der Waals surface area contributed by atoms with Gasteiger partial charge in [-0.1, -0.05) is 57.2 Å². The summed E-state index contributed by atoms with van der Waals surface area (Å²) >= 11 is 2.64. The number of hydrogen-bond acceptors (Lipinski definition) is 7. The molecule has 1 aromatic heterocycles. The van der Waals surface area contributed by atoms with Crippen molar-refractivity contribution < 1.29 is 14.7 Å². The minimum absolute atomic E-state index is 0.116. The summed E-state index contributed by atoms with van der Waals surface area (Å²) in [6, 6.07) is -0.856. The van der Waals surface area contributed by atoms with Gasteiger partial charge in [-0.25, -0.2) is 4.79 Å². The molecular formula is C14H24N4O3S2. The molecule has 0 fully saturated rings. The molecule has 0 radical (unpaired) electrons. The van der Waals surface area contributed by atoms with Crippen LogP contribution in [0.4, 0.5) is 5.13 Å². The fourth-order valence-electron chi connectivity index (χ4n) is 1.66. The molecule has 0 aliphatic carbocycles. The summed E-state index contributed by atoms with van der Waals surface area (Å²) in [5.41, 5.74) is 0. The lowest BCUT2D eigenvalue weighted by Gasteiger charge is -2.19. The molecule has 0 saturated carbocycles. The summed E-state index contributed by atoms with van der Waals surface area (Å²) < 4.78 is 0.682. The van der Waals surface area contributed by atoms with Crippen LogP contribution in [-0.2, 0) is 9.59 Å². The van der Waals surface area contributed by atoms with E-state index in [1.165, 1.54) is 23.1 Å². The molecule has 9 heteroatoms. The van der Waals surface area contributed by atoms with E-state index in [1.54, 1.807) is 0 Å². The Kier molecular flexibility index (Phi) is 8.32. The fourth-order valence-corrected chi connectivity index (χ4v) is 3.23. The first-order valence-electron chi connectivity index (χ1n) is 7.55. The molecular weight excluding hydrogens is 336 g/mol. The second-order valence-corrected chi connectivity index (χ2v) is 7.91. The smallest absolute Gasteiger partial charge is 0.326 e. The van der Waals surface area contributed by atoms with E-state index in [1.807, 2.05) is 13.8 Å². The lowest BCUT2D eigenvalue weighted by molar-refractivity contribution is -0.143. The number of hydrogen-bond donors (Lipinski definition) is 3. The van der Waals surface area contributed by atoms with Crippen molar-refractivity contribution in [1.82, 2.24) is 15.5 Å². The minimum Gasteiger partial charge on any atom is -0.480 e. The summed E-state index contributed by atoms with van der Waals surface area (Å²) in [6.45, 7) is 8.72. The summed E-state index contributed by atoms with van der Waals surface area (Å²) in [5, 5.41) is 23.6. The first-order valence-corrected chi connectivity index (χ1v) is 9.36. The van der Waals surface area contributed by atoms with E-state index in [9.17, 15) is 9.59 Å². The Balaban J connectivity index is 2.45. The number of amides is 1. The predicted octanol–water partition coefficient (Wildman–Crippen LogP) is 2.31. The monoisotopic (exact) mass is 360 g/mol. The van der Waals surface area contributed by atoms with E-state index >= 15 is 0 Å². The van der Waals surface area contributed by atoms with Gasteiger partial charge in [-0.3, -0.25) is 4.79 Å². The van der Waals surface area contributed by atoms with E-state index in [-0.39, 0.29) is 17.6 Å². The van der Waals surface area contributed by atoms with Crippen LogP contribution in [0.15, 0.2) is 4.34 Å². The second kappa shape index (κ2) is 9.71. The van der Waals surface area contributed by atoms with Gasteiger partial charge in [0.1, 0.15) is 6.04 Å².